The van der Waals surface area contributed by atoms with Gasteiger partial charge in [0.25, 0.3) is 0 Å². The van der Waals surface area contributed by atoms with Crippen molar-refractivity contribution in [2.75, 3.05) is 13.2 Å². The molecule has 0 aliphatic heterocycles. The Morgan fingerprint density at radius 3 is 2.32 bits per heavy atom. The molecule has 0 radical (unpaired) electrons. The fourth-order valence-electron chi connectivity index (χ4n) is 2.23. The van der Waals surface area contributed by atoms with Crippen LogP contribution in [0.1, 0.15) is 31.4 Å². The summed E-state index contributed by atoms with van der Waals surface area (Å²) in [5, 5.41) is 3.49. The minimum Gasteiger partial charge on any atom is -0.494 e. The fourth-order valence-corrected chi connectivity index (χ4v) is 2.23. The molecule has 2 heteroatoms. The molecule has 0 bridgehead atoms. The van der Waals surface area contributed by atoms with E-state index in [1.165, 1.54) is 11.1 Å². The van der Waals surface area contributed by atoms with E-state index in [4.69, 9.17) is 4.74 Å². The molecule has 0 saturated carbocycles. The Balaban J connectivity index is 1.66. The highest BCUT2D eigenvalue weighted by atomic mass is 16.5. The summed E-state index contributed by atoms with van der Waals surface area (Å²) in [5.74, 6) is 1.65. The molecule has 2 aromatic rings. The van der Waals surface area contributed by atoms with E-state index >= 15 is 0 Å². The molecular formula is C20H27NO. The number of benzene rings is 2. The van der Waals surface area contributed by atoms with Gasteiger partial charge in [-0.25, -0.2) is 0 Å². The molecule has 118 valence electrons. The van der Waals surface area contributed by atoms with Crippen LogP contribution in [-0.2, 0) is 13.0 Å². The van der Waals surface area contributed by atoms with Crippen molar-refractivity contribution in [2.24, 2.45) is 5.92 Å². The van der Waals surface area contributed by atoms with Crippen LogP contribution in [-0.4, -0.2) is 13.2 Å². The van der Waals surface area contributed by atoms with Gasteiger partial charge in [-0.1, -0.05) is 56.3 Å². The maximum absolute atomic E-state index is 5.73. The first-order chi connectivity index (χ1) is 10.7. The molecule has 0 amide bonds. The van der Waals surface area contributed by atoms with Gasteiger partial charge in [0.2, 0.25) is 0 Å². The predicted octanol–water partition coefficient (Wildman–Crippen LogP) is 4.44. The standard InChI is InChI=1S/C20H27NO/c1-17(2)13-15-22-20-10-8-19(9-11-20)16-21-14-12-18-6-4-3-5-7-18/h3-11,17,21H,12-16H2,1-2H3. The van der Waals surface area contributed by atoms with E-state index in [-0.39, 0.29) is 0 Å². The molecule has 1 N–H and O–H groups in total. The van der Waals surface area contributed by atoms with Gasteiger partial charge in [0.05, 0.1) is 6.61 Å². The zero-order valence-corrected chi connectivity index (χ0v) is 13.7. The number of hydrogen-bond acceptors (Lipinski definition) is 2. The van der Waals surface area contributed by atoms with E-state index < -0.39 is 0 Å². The first-order valence-electron chi connectivity index (χ1n) is 8.20. The van der Waals surface area contributed by atoms with Crippen molar-refractivity contribution in [3.05, 3.63) is 65.7 Å². The third-order valence-corrected chi connectivity index (χ3v) is 3.65. The molecule has 0 fully saturated rings. The molecule has 0 aliphatic carbocycles. The summed E-state index contributed by atoms with van der Waals surface area (Å²) in [7, 11) is 0. The summed E-state index contributed by atoms with van der Waals surface area (Å²) in [6, 6.07) is 19.0. The molecule has 0 atom stereocenters. The monoisotopic (exact) mass is 297 g/mol. The van der Waals surface area contributed by atoms with Gasteiger partial charge in [-0.2, -0.15) is 0 Å². The molecule has 0 unspecified atom stereocenters. The van der Waals surface area contributed by atoms with E-state index in [2.05, 4.69) is 73.8 Å². The summed E-state index contributed by atoms with van der Waals surface area (Å²) in [6.45, 7) is 7.13. The van der Waals surface area contributed by atoms with Gasteiger partial charge in [0, 0.05) is 6.54 Å². The van der Waals surface area contributed by atoms with Crippen molar-refractivity contribution < 1.29 is 4.74 Å². The number of ether oxygens (including phenoxy) is 1. The van der Waals surface area contributed by atoms with Crippen LogP contribution in [0, 0.1) is 5.92 Å². The third-order valence-electron chi connectivity index (χ3n) is 3.65. The molecule has 2 aromatic carbocycles. The average molecular weight is 297 g/mol. The summed E-state index contributed by atoms with van der Waals surface area (Å²) in [6.07, 6.45) is 2.17. The summed E-state index contributed by atoms with van der Waals surface area (Å²) >= 11 is 0. The van der Waals surface area contributed by atoms with Gasteiger partial charge in [-0.05, 0) is 48.6 Å². The van der Waals surface area contributed by atoms with Crippen molar-refractivity contribution >= 4 is 0 Å². The normalized spacial score (nSPS) is 10.9. The average Bonchev–Trinajstić information content (AvgIpc) is 2.54. The van der Waals surface area contributed by atoms with Crippen LogP contribution in [0.2, 0.25) is 0 Å². The van der Waals surface area contributed by atoms with Crippen LogP contribution in [0.25, 0.3) is 0 Å². The van der Waals surface area contributed by atoms with Crippen LogP contribution in [0.3, 0.4) is 0 Å². The van der Waals surface area contributed by atoms with Crippen molar-refractivity contribution in [1.29, 1.82) is 0 Å². The van der Waals surface area contributed by atoms with E-state index in [0.29, 0.717) is 5.92 Å². The van der Waals surface area contributed by atoms with Crippen LogP contribution < -0.4 is 10.1 Å². The van der Waals surface area contributed by atoms with Gasteiger partial charge < -0.3 is 10.1 Å². The number of nitrogens with one attached hydrogen (secondary N) is 1. The molecule has 0 saturated heterocycles. The second kappa shape index (κ2) is 9.26. The van der Waals surface area contributed by atoms with Gasteiger partial charge >= 0.3 is 0 Å². The van der Waals surface area contributed by atoms with Crippen molar-refractivity contribution in [3.63, 3.8) is 0 Å². The first-order valence-corrected chi connectivity index (χ1v) is 8.20. The van der Waals surface area contributed by atoms with Gasteiger partial charge in [-0.15, -0.1) is 0 Å². The molecule has 2 nitrogen and oxygen atoms in total. The van der Waals surface area contributed by atoms with Crippen LogP contribution in [0.4, 0.5) is 0 Å². The van der Waals surface area contributed by atoms with Crippen molar-refractivity contribution in [2.45, 2.75) is 33.2 Å². The minimum atomic E-state index is 0.688. The van der Waals surface area contributed by atoms with Crippen molar-refractivity contribution in [3.8, 4) is 5.75 Å². The van der Waals surface area contributed by atoms with Crippen molar-refractivity contribution in [1.82, 2.24) is 5.32 Å². The maximum Gasteiger partial charge on any atom is 0.119 e. The highest BCUT2D eigenvalue weighted by Gasteiger charge is 1.98. The zero-order valence-electron chi connectivity index (χ0n) is 13.7. The fraction of sp³-hybridized carbons (Fsp3) is 0.400. The van der Waals surface area contributed by atoms with Gasteiger partial charge in [0.1, 0.15) is 5.75 Å². The smallest absolute Gasteiger partial charge is 0.119 e. The molecule has 0 aromatic heterocycles. The van der Waals surface area contributed by atoms with Crippen LogP contribution in [0.5, 0.6) is 5.75 Å². The summed E-state index contributed by atoms with van der Waals surface area (Å²) in [5.41, 5.74) is 2.67. The third kappa shape index (κ3) is 6.31. The lowest BCUT2D eigenvalue weighted by Gasteiger charge is -2.09. The number of hydrogen-bond donors (Lipinski definition) is 1. The Bertz CT molecular complexity index is 519. The Kier molecular flexibility index (Phi) is 6.98. The van der Waals surface area contributed by atoms with Crippen LogP contribution in [0.15, 0.2) is 54.6 Å². The van der Waals surface area contributed by atoms with E-state index in [1.54, 1.807) is 0 Å². The second-order valence-corrected chi connectivity index (χ2v) is 6.09. The Morgan fingerprint density at radius 1 is 0.909 bits per heavy atom. The molecule has 0 heterocycles. The minimum absolute atomic E-state index is 0.688. The number of rotatable bonds is 9. The highest BCUT2D eigenvalue weighted by molar-refractivity contribution is 5.27. The maximum atomic E-state index is 5.73. The first kappa shape index (κ1) is 16.6. The van der Waals surface area contributed by atoms with E-state index in [1.807, 2.05) is 0 Å². The Hall–Kier alpha value is -1.80. The molecule has 0 spiro atoms. The van der Waals surface area contributed by atoms with E-state index in [0.717, 1.165) is 38.3 Å². The van der Waals surface area contributed by atoms with E-state index in [9.17, 15) is 0 Å². The SMILES string of the molecule is CC(C)CCOc1ccc(CNCCc2ccccc2)cc1. The Labute approximate surface area is 134 Å². The predicted molar refractivity (Wildman–Crippen MR) is 93.2 cm³/mol. The Morgan fingerprint density at radius 2 is 1.64 bits per heavy atom. The largest absolute Gasteiger partial charge is 0.494 e. The highest BCUT2D eigenvalue weighted by Crippen LogP contribution is 2.13. The lowest BCUT2D eigenvalue weighted by molar-refractivity contribution is 0.289. The molecular weight excluding hydrogens is 270 g/mol. The topological polar surface area (TPSA) is 21.3 Å². The molecule has 22 heavy (non-hydrogen) atoms. The summed E-state index contributed by atoms with van der Waals surface area (Å²) < 4.78 is 5.73. The van der Waals surface area contributed by atoms with Gasteiger partial charge in [0.15, 0.2) is 0 Å². The second-order valence-electron chi connectivity index (χ2n) is 6.09. The zero-order chi connectivity index (χ0) is 15.6. The molecule has 2 rings (SSSR count). The summed E-state index contributed by atoms with van der Waals surface area (Å²) in [4.78, 5) is 0. The van der Waals surface area contributed by atoms with Crippen LogP contribution >= 0.6 is 0 Å². The quantitative estimate of drug-likeness (QED) is 0.691. The molecule has 0 aliphatic rings. The lowest BCUT2D eigenvalue weighted by atomic mass is 10.1. The van der Waals surface area contributed by atoms with Gasteiger partial charge in [-0.3, -0.25) is 0 Å². The lowest BCUT2D eigenvalue weighted by Crippen LogP contribution is -2.16.